The molecule has 0 saturated carbocycles. The van der Waals surface area contributed by atoms with Gasteiger partial charge in [-0.15, -0.1) is 0 Å². The van der Waals surface area contributed by atoms with E-state index in [2.05, 4.69) is 47.8 Å². The maximum atomic E-state index is 12.4. The Morgan fingerprint density at radius 1 is 1.14 bits per heavy atom. The van der Waals surface area contributed by atoms with Crippen molar-refractivity contribution in [3.8, 4) is 28.5 Å². The number of pyridine rings is 2. The third-order valence-corrected chi connectivity index (χ3v) is 4.90. The van der Waals surface area contributed by atoms with E-state index in [1.165, 1.54) is 13.3 Å². The highest BCUT2D eigenvalue weighted by Gasteiger charge is 2.14. The summed E-state index contributed by atoms with van der Waals surface area (Å²) in [6.45, 7) is 0. The van der Waals surface area contributed by atoms with E-state index in [1.807, 2.05) is 12.1 Å². The molecule has 1 amide bonds. The Balaban J connectivity index is 1.60. The van der Waals surface area contributed by atoms with Gasteiger partial charge in [0.2, 0.25) is 5.88 Å². The highest BCUT2D eigenvalue weighted by atomic mass is 127. The van der Waals surface area contributed by atoms with Gasteiger partial charge in [0.25, 0.3) is 5.91 Å². The molecule has 0 unspecified atom stereocenters. The van der Waals surface area contributed by atoms with Gasteiger partial charge in [0.1, 0.15) is 5.76 Å². The fraction of sp³-hybridized carbons (Fsp3) is 0.0500. The molecule has 4 rings (SSSR count). The van der Waals surface area contributed by atoms with Crippen molar-refractivity contribution in [3.05, 3.63) is 70.6 Å². The molecule has 0 aliphatic heterocycles. The summed E-state index contributed by atoms with van der Waals surface area (Å²) in [6, 6.07) is 7.17. The normalized spacial score (nSPS) is 10.6. The minimum atomic E-state index is -0.280. The molecule has 4 heterocycles. The number of ether oxygens (including phenoxy) is 1. The molecule has 0 fully saturated rings. The van der Waals surface area contributed by atoms with Crippen molar-refractivity contribution >= 4 is 34.3 Å². The Labute approximate surface area is 179 Å². The first-order valence-corrected chi connectivity index (χ1v) is 9.55. The van der Waals surface area contributed by atoms with Crippen LogP contribution in [0.1, 0.15) is 10.4 Å². The third-order valence-electron chi connectivity index (χ3n) is 4.04. The van der Waals surface area contributed by atoms with Crippen molar-refractivity contribution in [2.45, 2.75) is 0 Å². The molecule has 9 heteroatoms. The van der Waals surface area contributed by atoms with E-state index in [0.717, 1.165) is 9.13 Å². The van der Waals surface area contributed by atoms with Crippen molar-refractivity contribution in [2.75, 3.05) is 12.4 Å². The number of hydrogen-bond donors (Lipinski definition) is 1. The molecular weight excluding hydrogens is 485 g/mol. The van der Waals surface area contributed by atoms with Crippen LogP contribution in [0.25, 0.3) is 22.6 Å². The third kappa shape index (κ3) is 4.09. The molecule has 4 aromatic heterocycles. The summed E-state index contributed by atoms with van der Waals surface area (Å²) in [6.07, 6.45) is 9.49. The highest BCUT2D eigenvalue weighted by Crippen LogP contribution is 2.31. The summed E-state index contributed by atoms with van der Waals surface area (Å²) in [4.78, 5) is 29.4. The molecule has 0 bridgehead atoms. The zero-order valence-corrected chi connectivity index (χ0v) is 17.3. The zero-order chi connectivity index (χ0) is 20.2. The minimum absolute atomic E-state index is 0.280. The average molecular weight is 499 g/mol. The summed E-state index contributed by atoms with van der Waals surface area (Å²) in [5.74, 6) is 1.15. The molecule has 0 radical (unpaired) electrons. The predicted octanol–water partition coefficient (Wildman–Crippen LogP) is 4.06. The van der Waals surface area contributed by atoms with Crippen molar-refractivity contribution < 1.29 is 13.9 Å². The van der Waals surface area contributed by atoms with Gasteiger partial charge in [-0.2, -0.15) is 0 Å². The van der Waals surface area contributed by atoms with Crippen LogP contribution in [0.3, 0.4) is 0 Å². The topological polar surface area (TPSA) is 103 Å². The summed E-state index contributed by atoms with van der Waals surface area (Å²) >= 11 is 2.06. The highest BCUT2D eigenvalue weighted by molar-refractivity contribution is 14.1. The Hall–Kier alpha value is -3.34. The standard InChI is InChI=1S/C20H14IN5O3/c1-28-20-14(7-12(8-25-20)17-3-2-6-29-17)16-10-24-18(11-23-16)26-19(27)13-4-5-22-9-15(13)21/h2-11H,1H3,(H,24,26,27). The lowest BCUT2D eigenvalue weighted by Crippen LogP contribution is -2.14. The second kappa shape index (κ2) is 8.35. The maximum Gasteiger partial charge on any atom is 0.258 e. The van der Waals surface area contributed by atoms with E-state index >= 15 is 0 Å². The molecule has 0 aliphatic carbocycles. The van der Waals surface area contributed by atoms with E-state index < -0.39 is 0 Å². The fourth-order valence-corrected chi connectivity index (χ4v) is 3.24. The first-order chi connectivity index (χ1) is 14.2. The molecule has 29 heavy (non-hydrogen) atoms. The second-order valence-electron chi connectivity index (χ2n) is 5.85. The number of rotatable bonds is 5. The van der Waals surface area contributed by atoms with Crippen LogP contribution in [0, 0.1) is 3.57 Å². The van der Waals surface area contributed by atoms with E-state index in [4.69, 9.17) is 9.15 Å². The number of anilines is 1. The van der Waals surface area contributed by atoms with Gasteiger partial charge in [0, 0.05) is 27.7 Å². The van der Waals surface area contributed by atoms with E-state index in [9.17, 15) is 4.79 Å². The molecule has 1 N–H and O–H groups in total. The Kier molecular flexibility index (Phi) is 5.47. The molecule has 0 atom stereocenters. The predicted molar refractivity (Wildman–Crippen MR) is 114 cm³/mol. The van der Waals surface area contributed by atoms with Crippen LogP contribution >= 0.6 is 22.6 Å². The van der Waals surface area contributed by atoms with Crippen LogP contribution in [-0.2, 0) is 0 Å². The van der Waals surface area contributed by atoms with Crippen LogP contribution in [0.5, 0.6) is 5.88 Å². The van der Waals surface area contributed by atoms with Crippen molar-refractivity contribution in [3.63, 3.8) is 0 Å². The number of hydrogen-bond acceptors (Lipinski definition) is 7. The largest absolute Gasteiger partial charge is 0.481 e. The van der Waals surface area contributed by atoms with Gasteiger partial charge in [0.05, 0.1) is 42.6 Å². The molecule has 0 saturated heterocycles. The van der Waals surface area contributed by atoms with E-state index in [0.29, 0.717) is 34.3 Å². The second-order valence-corrected chi connectivity index (χ2v) is 7.02. The van der Waals surface area contributed by atoms with Crippen LogP contribution < -0.4 is 10.1 Å². The number of amides is 1. The first kappa shape index (κ1) is 19.0. The van der Waals surface area contributed by atoms with Gasteiger partial charge >= 0.3 is 0 Å². The Morgan fingerprint density at radius 3 is 2.72 bits per heavy atom. The zero-order valence-electron chi connectivity index (χ0n) is 15.2. The number of carbonyl (C=O) groups is 1. The lowest BCUT2D eigenvalue weighted by Gasteiger charge is -2.09. The quantitative estimate of drug-likeness (QED) is 0.413. The molecule has 4 aromatic rings. The number of methoxy groups -OCH3 is 1. The molecule has 0 aromatic carbocycles. The molecular formula is C20H14IN5O3. The molecule has 144 valence electrons. The van der Waals surface area contributed by atoms with E-state index in [-0.39, 0.29) is 5.91 Å². The fourth-order valence-electron chi connectivity index (χ4n) is 2.65. The lowest BCUT2D eigenvalue weighted by molar-refractivity contribution is 0.102. The summed E-state index contributed by atoms with van der Waals surface area (Å²) < 4.78 is 11.5. The van der Waals surface area contributed by atoms with Crippen molar-refractivity contribution in [2.24, 2.45) is 0 Å². The lowest BCUT2D eigenvalue weighted by atomic mass is 10.1. The number of nitrogens with one attached hydrogen (secondary N) is 1. The van der Waals surface area contributed by atoms with Gasteiger partial charge in [-0.3, -0.25) is 14.8 Å². The monoisotopic (exact) mass is 499 g/mol. The molecule has 0 spiro atoms. The number of halogens is 1. The van der Waals surface area contributed by atoms with Gasteiger partial charge in [0.15, 0.2) is 5.82 Å². The molecule has 8 nitrogen and oxygen atoms in total. The maximum absolute atomic E-state index is 12.4. The van der Waals surface area contributed by atoms with Crippen LogP contribution in [-0.4, -0.2) is 33.0 Å². The van der Waals surface area contributed by atoms with E-state index in [1.54, 1.807) is 43.2 Å². The SMILES string of the molecule is COc1ncc(-c2ccco2)cc1-c1cnc(NC(=O)c2ccncc2I)cn1. The summed E-state index contributed by atoms with van der Waals surface area (Å²) in [7, 11) is 1.54. The smallest absolute Gasteiger partial charge is 0.258 e. The van der Waals surface area contributed by atoms with Crippen molar-refractivity contribution in [1.29, 1.82) is 0 Å². The van der Waals surface area contributed by atoms with Crippen LogP contribution in [0.4, 0.5) is 5.82 Å². The Bertz CT molecular complexity index is 1150. The first-order valence-electron chi connectivity index (χ1n) is 8.47. The van der Waals surface area contributed by atoms with Crippen LogP contribution in [0.15, 0.2) is 65.9 Å². The summed E-state index contributed by atoms with van der Waals surface area (Å²) in [5.41, 5.74) is 2.52. The van der Waals surface area contributed by atoms with Gasteiger partial charge in [-0.05, 0) is 46.9 Å². The number of carbonyl (C=O) groups excluding carboxylic acids is 1. The number of nitrogens with zero attached hydrogens (tertiary/aromatic N) is 4. The van der Waals surface area contributed by atoms with Crippen LogP contribution in [0.2, 0.25) is 0 Å². The van der Waals surface area contributed by atoms with Gasteiger partial charge in [-0.1, -0.05) is 0 Å². The minimum Gasteiger partial charge on any atom is -0.481 e. The Morgan fingerprint density at radius 2 is 2.03 bits per heavy atom. The van der Waals surface area contributed by atoms with Gasteiger partial charge < -0.3 is 14.5 Å². The van der Waals surface area contributed by atoms with Crippen molar-refractivity contribution in [1.82, 2.24) is 19.9 Å². The van der Waals surface area contributed by atoms with Gasteiger partial charge in [-0.25, -0.2) is 9.97 Å². The average Bonchev–Trinajstić information content (AvgIpc) is 3.29. The molecule has 0 aliphatic rings. The number of furan rings is 1. The summed E-state index contributed by atoms with van der Waals surface area (Å²) in [5, 5.41) is 2.73. The number of aromatic nitrogens is 4.